The average molecular weight is 198 g/mol. The predicted molar refractivity (Wildman–Crippen MR) is 59.1 cm³/mol. The van der Waals surface area contributed by atoms with Crippen LogP contribution in [-0.4, -0.2) is 12.6 Å². The third-order valence-electron chi connectivity index (χ3n) is 2.10. The normalized spacial score (nSPS) is 9.86. The van der Waals surface area contributed by atoms with Crippen LogP contribution in [0, 0.1) is 0 Å². The molecular formula is C12H22O2. The van der Waals surface area contributed by atoms with Gasteiger partial charge in [0.05, 0.1) is 6.61 Å². The van der Waals surface area contributed by atoms with Crippen molar-refractivity contribution in [1.29, 1.82) is 0 Å². The molecule has 0 atom stereocenters. The Kier molecular flexibility index (Phi) is 8.30. The zero-order valence-electron chi connectivity index (χ0n) is 9.47. The van der Waals surface area contributed by atoms with Crippen molar-refractivity contribution in [3.63, 3.8) is 0 Å². The van der Waals surface area contributed by atoms with Crippen LogP contribution in [0.2, 0.25) is 0 Å². The summed E-state index contributed by atoms with van der Waals surface area (Å²) in [5, 5.41) is 0. The number of hydrogen-bond acceptors (Lipinski definition) is 2. The summed E-state index contributed by atoms with van der Waals surface area (Å²) in [5.41, 5.74) is 0.620. The van der Waals surface area contributed by atoms with Gasteiger partial charge in [-0.3, -0.25) is 0 Å². The van der Waals surface area contributed by atoms with E-state index in [1.807, 2.05) is 0 Å². The van der Waals surface area contributed by atoms with E-state index in [1.54, 1.807) is 0 Å². The summed E-state index contributed by atoms with van der Waals surface area (Å²) in [7, 11) is 0. The molecule has 14 heavy (non-hydrogen) atoms. The van der Waals surface area contributed by atoms with Gasteiger partial charge in [0.1, 0.15) is 0 Å². The van der Waals surface area contributed by atoms with Crippen molar-refractivity contribution in [3.8, 4) is 0 Å². The molecule has 82 valence electrons. The molecule has 0 saturated carbocycles. The van der Waals surface area contributed by atoms with Gasteiger partial charge in [0, 0.05) is 5.57 Å². The molecule has 0 aromatic rings. The van der Waals surface area contributed by atoms with Crippen LogP contribution in [0.25, 0.3) is 0 Å². The van der Waals surface area contributed by atoms with Gasteiger partial charge < -0.3 is 4.74 Å². The second-order valence-electron chi connectivity index (χ2n) is 3.55. The summed E-state index contributed by atoms with van der Waals surface area (Å²) >= 11 is 0. The van der Waals surface area contributed by atoms with E-state index in [9.17, 15) is 4.79 Å². The maximum atomic E-state index is 11.3. The molecule has 0 spiro atoms. The third-order valence-corrected chi connectivity index (χ3v) is 2.10. The van der Waals surface area contributed by atoms with Crippen LogP contribution in [0.15, 0.2) is 12.2 Å². The Morgan fingerprint density at radius 2 is 1.79 bits per heavy atom. The highest BCUT2D eigenvalue weighted by Gasteiger charge is 2.06. The highest BCUT2D eigenvalue weighted by molar-refractivity contribution is 5.87. The van der Waals surface area contributed by atoms with E-state index in [2.05, 4.69) is 20.4 Å². The van der Waals surface area contributed by atoms with Crippen LogP contribution < -0.4 is 0 Å². The molecule has 0 aromatic carbocycles. The summed E-state index contributed by atoms with van der Waals surface area (Å²) in [6.45, 7) is 8.48. The quantitative estimate of drug-likeness (QED) is 0.339. The van der Waals surface area contributed by atoms with Gasteiger partial charge >= 0.3 is 5.97 Å². The Labute approximate surface area is 87.3 Å². The molecule has 0 aliphatic carbocycles. The fraction of sp³-hybridized carbons (Fsp3) is 0.750. The van der Waals surface area contributed by atoms with Gasteiger partial charge in [-0.15, -0.1) is 0 Å². The van der Waals surface area contributed by atoms with Gasteiger partial charge in [-0.25, -0.2) is 4.79 Å². The largest absolute Gasteiger partial charge is 0.462 e. The molecule has 0 rings (SSSR count). The molecule has 0 bridgehead atoms. The average Bonchev–Trinajstić information content (AvgIpc) is 2.18. The van der Waals surface area contributed by atoms with Crippen LogP contribution in [0.4, 0.5) is 0 Å². The lowest BCUT2D eigenvalue weighted by Crippen LogP contribution is -2.08. The standard InChI is InChI=1S/C12H22O2/c1-4-6-8-9-11(3)12(13)14-10-7-5-2/h3-10H2,1-2H3. The minimum absolute atomic E-state index is 0.213. The Morgan fingerprint density at radius 3 is 2.36 bits per heavy atom. The number of unbranched alkanes of at least 4 members (excludes halogenated alkanes) is 3. The first-order chi connectivity index (χ1) is 6.72. The lowest BCUT2D eigenvalue weighted by atomic mass is 10.1. The van der Waals surface area contributed by atoms with E-state index in [4.69, 9.17) is 4.74 Å². The molecule has 2 nitrogen and oxygen atoms in total. The third kappa shape index (κ3) is 6.70. The molecule has 0 heterocycles. The maximum absolute atomic E-state index is 11.3. The number of carbonyl (C=O) groups is 1. The Hall–Kier alpha value is -0.790. The van der Waals surface area contributed by atoms with Gasteiger partial charge in [-0.1, -0.05) is 39.7 Å². The summed E-state index contributed by atoms with van der Waals surface area (Å²) < 4.78 is 5.04. The van der Waals surface area contributed by atoms with Crippen molar-refractivity contribution in [2.45, 2.75) is 52.4 Å². The predicted octanol–water partition coefficient (Wildman–Crippen LogP) is 3.47. The van der Waals surface area contributed by atoms with E-state index < -0.39 is 0 Å². The molecule has 0 aromatic heterocycles. The van der Waals surface area contributed by atoms with Gasteiger partial charge in [0.15, 0.2) is 0 Å². The summed E-state index contributed by atoms with van der Waals surface area (Å²) in [5.74, 6) is -0.213. The minimum atomic E-state index is -0.213. The van der Waals surface area contributed by atoms with E-state index in [-0.39, 0.29) is 5.97 Å². The lowest BCUT2D eigenvalue weighted by Gasteiger charge is -2.05. The van der Waals surface area contributed by atoms with Gasteiger partial charge in [0.2, 0.25) is 0 Å². The summed E-state index contributed by atoms with van der Waals surface area (Å²) in [6.07, 6.45) is 6.13. The van der Waals surface area contributed by atoms with Crippen molar-refractivity contribution >= 4 is 5.97 Å². The molecule has 0 aliphatic rings. The number of rotatable bonds is 8. The number of hydrogen-bond donors (Lipinski definition) is 0. The van der Waals surface area contributed by atoms with E-state index >= 15 is 0 Å². The fourth-order valence-electron chi connectivity index (χ4n) is 1.10. The fourth-order valence-corrected chi connectivity index (χ4v) is 1.10. The Bertz CT molecular complexity index is 153. The summed E-state index contributed by atoms with van der Waals surface area (Å²) in [4.78, 5) is 11.3. The van der Waals surface area contributed by atoms with Crippen molar-refractivity contribution < 1.29 is 9.53 Å². The first-order valence-corrected chi connectivity index (χ1v) is 5.57. The molecule has 0 N–H and O–H groups in total. The first-order valence-electron chi connectivity index (χ1n) is 5.57. The van der Waals surface area contributed by atoms with Crippen LogP contribution >= 0.6 is 0 Å². The maximum Gasteiger partial charge on any atom is 0.333 e. The smallest absolute Gasteiger partial charge is 0.333 e. The van der Waals surface area contributed by atoms with Crippen LogP contribution in [-0.2, 0) is 9.53 Å². The van der Waals surface area contributed by atoms with E-state index in [1.165, 1.54) is 0 Å². The Morgan fingerprint density at radius 1 is 1.14 bits per heavy atom. The molecule has 0 unspecified atom stereocenters. The topological polar surface area (TPSA) is 26.3 Å². The zero-order valence-corrected chi connectivity index (χ0v) is 9.47. The number of esters is 1. The van der Waals surface area contributed by atoms with Crippen LogP contribution in [0.5, 0.6) is 0 Å². The minimum Gasteiger partial charge on any atom is -0.462 e. The molecule has 0 amide bonds. The van der Waals surface area contributed by atoms with Gasteiger partial charge in [0.25, 0.3) is 0 Å². The molecule has 0 saturated heterocycles. The van der Waals surface area contributed by atoms with Crippen molar-refractivity contribution in [2.75, 3.05) is 6.61 Å². The van der Waals surface area contributed by atoms with E-state index in [0.29, 0.717) is 12.2 Å². The monoisotopic (exact) mass is 198 g/mol. The Balaban J connectivity index is 3.50. The molecular weight excluding hydrogens is 176 g/mol. The van der Waals surface area contributed by atoms with Crippen molar-refractivity contribution in [1.82, 2.24) is 0 Å². The lowest BCUT2D eigenvalue weighted by molar-refractivity contribution is -0.139. The zero-order chi connectivity index (χ0) is 10.8. The van der Waals surface area contributed by atoms with E-state index in [0.717, 1.165) is 38.5 Å². The highest BCUT2D eigenvalue weighted by atomic mass is 16.5. The van der Waals surface area contributed by atoms with Gasteiger partial charge in [-0.2, -0.15) is 0 Å². The highest BCUT2D eigenvalue weighted by Crippen LogP contribution is 2.08. The molecule has 2 heteroatoms. The SMILES string of the molecule is C=C(CCCCC)C(=O)OCCCC. The van der Waals surface area contributed by atoms with Gasteiger partial charge in [-0.05, 0) is 19.3 Å². The second kappa shape index (κ2) is 8.79. The number of carbonyl (C=O) groups excluding carboxylic acids is 1. The molecule has 0 radical (unpaired) electrons. The van der Waals surface area contributed by atoms with Crippen LogP contribution in [0.3, 0.4) is 0 Å². The summed E-state index contributed by atoms with van der Waals surface area (Å²) in [6, 6.07) is 0. The first kappa shape index (κ1) is 13.2. The van der Waals surface area contributed by atoms with Crippen LogP contribution in [0.1, 0.15) is 52.4 Å². The second-order valence-corrected chi connectivity index (χ2v) is 3.55. The van der Waals surface area contributed by atoms with Crippen molar-refractivity contribution in [3.05, 3.63) is 12.2 Å². The number of ether oxygens (including phenoxy) is 1. The van der Waals surface area contributed by atoms with Crippen molar-refractivity contribution in [2.24, 2.45) is 0 Å². The molecule has 0 aliphatic heterocycles. The molecule has 0 fully saturated rings.